The van der Waals surface area contributed by atoms with Crippen molar-refractivity contribution in [3.63, 3.8) is 0 Å². The number of furan rings is 1. The highest BCUT2D eigenvalue weighted by atomic mass is 35.5. The van der Waals surface area contributed by atoms with E-state index in [2.05, 4.69) is 6.07 Å². The van der Waals surface area contributed by atoms with E-state index < -0.39 is 11.1 Å². The lowest BCUT2D eigenvalue weighted by Crippen LogP contribution is -2.27. The van der Waals surface area contributed by atoms with E-state index in [1.165, 1.54) is 6.08 Å². The van der Waals surface area contributed by atoms with Crippen molar-refractivity contribution in [3.05, 3.63) is 81.9 Å². The fraction of sp³-hybridized carbons (Fsp3) is 0. The largest absolute Gasteiger partial charge is 0.457 e. The fourth-order valence-electron chi connectivity index (χ4n) is 2.81. The molecule has 0 aliphatic carbocycles. The zero-order chi connectivity index (χ0) is 19.7. The minimum atomic E-state index is -0.437. The van der Waals surface area contributed by atoms with E-state index in [9.17, 15) is 14.9 Å². The quantitative estimate of drug-likeness (QED) is 0.520. The number of halogens is 1. The summed E-state index contributed by atoms with van der Waals surface area (Å²) in [7, 11) is 0. The summed E-state index contributed by atoms with van der Waals surface area (Å²) < 4.78 is 5.77. The third kappa shape index (κ3) is 3.33. The van der Waals surface area contributed by atoms with Gasteiger partial charge < -0.3 is 4.42 Å². The van der Waals surface area contributed by atoms with Gasteiger partial charge in [0.05, 0.1) is 22.2 Å². The van der Waals surface area contributed by atoms with E-state index in [4.69, 9.17) is 16.0 Å². The van der Waals surface area contributed by atoms with Gasteiger partial charge in [-0.15, -0.1) is 0 Å². The molecule has 0 atom stereocenters. The molecule has 136 valence electrons. The normalized spacial score (nSPS) is 15.3. The molecule has 0 N–H and O–H groups in total. The molecule has 0 spiro atoms. The molecule has 2 amide bonds. The van der Waals surface area contributed by atoms with Crippen LogP contribution in [-0.4, -0.2) is 11.1 Å². The van der Waals surface area contributed by atoms with Crippen LogP contribution >= 0.6 is 23.4 Å². The van der Waals surface area contributed by atoms with Gasteiger partial charge in [0.25, 0.3) is 11.1 Å². The van der Waals surface area contributed by atoms with Crippen molar-refractivity contribution in [3.8, 4) is 17.4 Å². The lowest BCUT2D eigenvalue weighted by molar-refractivity contribution is -0.113. The highest BCUT2D eigenvalue weighted by Gasteiger charge is 2.36. The summed E-state index contributed by atoms with van der Waals surface area (Å²) in [4.78, 5) is 26.4. The molecule has 5 nitrogen and oxygen atoms in total. The van der Waals surface area contributed by atoms with Crippen LogP contribution in [0, 0.1) is 11.3 Å². The lowest BCUT2D eigenvalue weighted by Gasteiger charge is -2.12. The summed E-state index contributed by atoms with van der Waals surface area (Å²) in [5.74, 6) is 0.490. The highest BCUT2D eigenvalue weighted by molar-refractivity contribution is 8.19. The van der Waals surface area contributed by atoms with Crippen molar-refractivity contribution >= 4 is 46.3 Å². The predicted octanol–water partition coefficient (Wildman–Crippen LogP) is 5.71. The summed E-state index contributed by atoms with van der Waals surface area (Å²) in [6, 6.07) is 19.2. The molecule has 28 heavy (non-hydrogen) atoms. The lowest BCUT2D eigenvalue weighted by atomic mass is 10.1. The van der Waals surface area contributed by atoms with E-state index >= 15 is 0 Å². The Morgan fingerprint density at radius 3 is 2.68 bits per heavy atom. The van der Waals surface area contributed by atoms with Gasteiger partial charge in [0.2, 0.25) is 0 Å². The third-order valence-electron chi connectivity index (χ3n) is 4.07. The van der Waals surface area contributed by atoms with E-state index in [1.807, 2.05) is 6.07 Å². The molecule has 0 bridgehead atoms. The fourth-order valence-corrected chi connectivity index (χ4v) is 3.81. The van der Waals surface area contributed by atoms with Gasteiger partial charge in [-0.2, -0.15) is 5.26 Å². The number of hydrogen-bond donors (Lipinski definition) is 0. The molecule has 0 saturated carbocycles. The molecule has 2 heterocycles. The molecule has 2 aromatic carbocycles. The van der Waals surface area contributed by atoms with E-state index in [1.54, 1.807) is 54.6 Å². The number of nitrogens with zero attached hydrogens (tertiary/aromatic N) is 2. The van der Waals surface area contributed by atoms with Gasteiger partial charge in [-0.1, -0.05) is 29.8 Å². The Bertz CT molecular complexity index is 1180. The van der Waals surface area contributed by atoms with E-state index in [0.29, 0.717) is 33.4 Å². The van der Waals surface area contributed by atoms with Crippen molar-refractivity contribution in [1.29, 1.82) is 5.26 Å². The van der Waals surface area contributed by atoms with Crippen LogP contribution in [0.5, 0.6) is 0 Å². The number of hydrogen-bond acceptors (Lipinski definition) is 5. The monoisotopic (exact) mass is 406 g/mol. The molecule has 1 saturated heterocycles. The van der Waals surface area contributed by atoms with Crippen LogP contribution in [0.4, 0.5) is 10.5 Å². The van der Waals surface area contributed by atoms with Crippen molar-refractivity contribution < 1.29 is 14.0 Å². The number of rotatable bonds is 3. The third-order valence-corrected chi connectivity index (χ3v) is 5.18. The average Bonchev–Trinajstić information content (AvgIpc) is 3.26. The molecule has 1 fully saturated rings. The average molecular weight is 407 g/mol. The molecule has 1 aromatic heterocycles. The van der Waals surface area contributed by atoms with Gasteiger partial charge >= 0.3 is 0 Å². The van der Waals surface area contributed by atoms with Gasteiger partial charge in [0.1, 0.15) is 11.5 Å². The second-order valence-corrected chi connectivity index (χ2v) is 7.29. The number of carbonyl (C=O) groups is 2. The Hall–Kier alpha value is -3.27. The second-order valence-electron chi connectivity index (χ2n) is 5.86. The Kier molecular flexibility index (Phi) is 4.78. The van der Waals surface area contributed by atoms with Crippen LogP contribution in [0.25, 0.3) is 17.4 Å². The molecule has 1 aliphatic heterocycles. The highest BCUT2D eigenvalue weighted by Crippen LogP contribution is 2.37. The minimum Gasteiger partial charge on any atom is -0.457 e. The number of anilines is 1. The first-order chi connectivity index (χ1) is 13.6. The van der Waals surface area contributed by atoms with Crippen LogP contribution in [-0.2, 0) is 4.79 Å². The summed E-state index contributed by atoms with van der Waals surface area (Å²) in [6.07, 6.45) is 1.52. The van der Waals surface area contributed by atoms with Crippen LogP contribution in [0.15, 0.2) is 70.0 Å². The van der Waals surface area contributed by atoms with Crippen LogP contribution in [0.2, 0.25) is 5.02 Å². The van der Waals surface area contributed by atoms with Crippen LogP contribution in [0.1, 0.15) is 11.3 Å². The topological polar surface area (TPSA) is 74.3 Å². The maximum atomic E-state index is 12.7. The summed E-state index contributed by atoms with van der Waals surface area (Å²) in [5.41, 5.74) is 1.57. The van der Waals surface area contributed by atoms with Crippen molar-refractivity contribution in [2.75, 3.05) is 4.90 Å². The first-order valence-corrected chi connectivity index (χ1v) is 9.39. The first kappa shape index (κ1) is 18.1. The number of imide groups is 1. The standard InChI is InChI=1S/C21H11ClN2O3S/c22-14-5-3-6-15(10-14)24-20(25)19(28-21(24)26)11-16-8-9-18(27-16)17-7-2-1-4-13(17)12-23/h1-11H/b19-11+. The number of benzene rings is 2. The molecule has 0 radical (unpaired) electrons. The molecular weight excluding hydrogens is 396 g/mol. The van der Waals surface area contributed by atoms with Gasteiger partial charge in [-0.3, -0.25) is 9.59 Å². The van der Waals surface area contributed by atoms with Gasteiger partial charge in [0.15, 0.2) is 0 Å². The van der Waals surface area contributed by atoms with Crippen molar-refractivity contribution in [1.82, 2.24) is 0 Å². The smallest absolute Gasteiger partial charge is 0.298 e. The number of thioether (sulfide) groups is 1. The van der Waals surface area contributed by atoms with Crippen LogP contribution < -0.4 is 4.90 Å². The Morgan fingerprint density at radius 2 is 1.89 bits per heavy atom. The number of carbonyl (C=O) groups excluding carboxylic acids is 2. The molecule has 4 rings (SSSR count). The minimum absolute atomic E-state index is 0.249. The van der Waals surface area contributed by atoms with Gasteiger partial charge in [-0.05, 0) is 54.2 Å². The van der Waals surface area contributed by atoms with Gasteiger partial charge in [0, 0.05) is 16.7 Å². The first-order valence-electron chi connectivity index (χ1n) is 8.19. The molecule has 1 aliphatic rings. The zero-order valence-corrected chi connectivity index (χ0v) is 15.8. The maximum absolute atomic E-state index is 12.7. The van der Waals surface area contributed by atoms with Gasteiger partial charge in [-0.25, -0.2) is 4.90 Å². The Labute approximate surface area is 169 Å². The van der Waals surface area contributed by atoms with Crippen molar-refractivity contribution in [2.45, 2.75) is 0 Å². The van der Waals surface area contributed by atoms with Crippen LogP contribution in [0.3, 0.4) is 0 Å². The molecular formula is C21H11ClN2O3S. The Balaban J connectivity index is 1.64. The second kappa shape index (κ2) is 7.39. The Morgan fingerprint density at radius 1 is 1.07 bits per heavy atom. The van der Waals surface area contributed by atoms with E-state index in [-0.39, 0.29) is 4.91 Å². The zero-order valence-electron chi connectivity index (χ0n) is 14.3. The molecule has 3 aromatic rings. The number of amides is 2. The predicted molar refractivity (Wildman–Crippen MR) is 109 cm³/mol. The summed E-state index contributed by atoms with van der Waals surface area (Å²) in [6.45, 7) is 0. The maximum Gasteiger partial charge on any atom is 0.298 e. The SMILES string of the molecule is N#Cc1ccccc1-c1ccc(/C=C2/SC(=O)N(c3cccc(Cl)c3)C2=O)o1. The molecule has 0 unspecified atom stereocenters. The summed E-state index contributed by atoms with van der Waals surface area (Å²) in [5, 5.41) is 9.27. The van der Waals surface area contributed by atoms with E-state index in [0.717, 1.165) is 16.7 Å². The molecule has 7 heteroatoms. The summed E-state index contributed by atoms with van der Waals surface area (Å²) >= 11 is 6.80. The number of nitriles is 1. The van der Waals surface area contributed by atoms with Crippen molar-refractivity contribution in [2.24, 2.45) is 0 Å².